The van der Waals surface area contributed by atoms with Crippen LogP contribution in [-0.4, -0.2) is 19.2 Å². The third kappa shape index (κ3) is 2.58. The first-order chi connectivity index (χ1) is 7.18. The van der Waals surface area contributed by atoms with E-state index in [9.17, 15) is 0 Å². The fourth-order valence-corrected chi connectivity index (χ4v) is 1.97. The van der Waals surface area contributed by atoms with E-state index in [1.54, 1.807) is 0 Å². The van der Waals surface area contributed by atoms with Gasteiger partial charge in [-0.1, -0.05) is 44.2 Å². The highest BCUT2D eigenvalue weighted by molar-refractivity contribution is 5.13. The van der Waals surface area contributed by atoms with Gasteiger partial charge in [0.2, 0.25) is 0 Å². The molecule has 2 heteroatoms. The van der Waals surface area contributed by atoms with Crippen LogP contribution in [0.2, 0.25) is 0 Å². The lowest BCUT2D eigenvalue weighted by molar-refractivity contribution is -0.00481. The molecule has 0 saturated carbocycles. The Morgan fingerprint density at radius 3 is 2.67 bits per heavy atom. The summed E-state index contributed by atoms with van der Waals surface area (Å²) in [7, 11) is 0. The third-order valence-electron chi connectivity index (χ3n) is 3.08. The molecule has 1 heterocycles. The summed E-state index contributed by atoms with van der Waals surface area (Å²) in [5, 5.41) is 3.37. The third-order valence-corrected chi connectivity index (χ3v) is 3.08. The van der Waals surface area contributed by atoms with E-state index in [2.05, 4.69) is 43.4 Å². The first-order valence-corrected chi connectivity index (χ1v) is 5.55. The van der Waals surface area contributed by atoms with Crippen LogP contribution in [0.5, 0.6) is 0 Å². The van der Waals surface area contributed by atoms with Crippen molar-refractivity contribution in [3.8, 4) is 0 Å². The van der Waals surface area contributed by atoms with Crippen LogP contribution in [0.1, 0.15) is 19.4 Å². The Hall–Kier alpha value is -0.860. The van der Waals surface area contributed by atoms with Crippen LogP contribution in [-0.2, 0) is 11.3 Å². The van der Waals surface area contributed by atoms with Gasteiger partial charge in [0.1, 0.15) is 0 Å². The Balaban J connectivity index is 1.89. The van der Waals surface area contributed by atoms with Gasteiger partial charge in [-0.25, -0.2) is 0 Å². The predicted octanol–water partition coefficient (Wildman–Crippen LogP) is 2.20. The molecule has 1 atom stereocenters. The van der Waals surface area contributed by atoms with Gasteiger partial charge >= 0.3 is 0 Å². The molecule has 0 aromatic heterocycles. The average Bonchev–Trinajstić information content (AvgIpc) is 2.56. The maximum Gasteiger partial charge on any atom is 0.0766 e. The maximum atomic E-state index is 5.94. The molecule has 1 saturated heterocycles. The zero-order valence-corrected chi connectivity index (χ0v) is 9.49. The molecule has 0 radical (unpaired) electrons. The predicted molar refractivity (Wildman–Crippen MR) is 61.7 cm³/mol. The number of benzene rings is 1. The summed E-state index contributed by atoms with van der Waals surface area (Å²) >= 11 is 0. The molecular formula is C13H19NO. The molecule has 0 amide bonds. The van der Waals surface area contributed by atoms with Gasteiger partial charge in [-0.15, -0.1) is 0 Å². The van der Waals surface area contributed by atoms with Gasteiger partial charge < -0.3 is 10.1 Å². The van der Waals surface area contributed by atoms with E-state index in [-0.39, 0.29) is 5.41 Å². The van der Waals surface area contributed by atoms with Crippen molar-refractivity contribution >= 4 is 0 Å². The van der Waals surface area contributed by atoms with Crippen LogP contribution in [0, 0.1) is 5.41 Å². The lowest BCUT2D eigenvalue weighted by Crippen LogP contribution is -2.29. The number of hydrogen-bond acceptors (Lipinski definition) is 2. The molecule has 0 unspecified atom stereocenters. The van der Waals surface area contributed by atoms with Crippen LogP contribution >= 0.6 is 0 Å². The number of hydrogen-bond donors (Lipinski definition) is 1. The summed E-state index contributed by atoms with van der Waals surface area (Å²) in [6.45, 7) is 7.24. The van der Waals surface area contributed by atoms with Gasteiger partial charge in [0.05, 0.1) is 12.7 Å². The first kappa shape index (κ1) is 10.7. The molecule has 0 spiro atoms. The van der Waals surface area contributed by atoms with Crippen molar-refractivity contribution in [2.24, 2.45) is 5.41 Å². The Labute approximate surface area is 91.6 Å². The Bertz CT molecular complexity index is 308. The van der Waals surface area contributed by atoms with Gasteiger partial charge in [0.25, 0.3) is 0 Å². The Kier molecular flexibility index (Phi) is 3.08. The van der Waals surface area contributed by atoms with Gasteiger partial charge in [0, 0.05) is 18.5 Å². The highest BCUT2D eigenvalue weighted by Crippen LogP contribution is 2.27. The van der Waals surface area contributed by atoms with E-state index in [0.29, 0.717) is 6.10 Å². The normalized spacial score (nSPS) is 24.3. The van der Waals surface area contributed by atoms with Gasteiger partial charge in [0.15, 0.2) is 0 Å². The van der Waals surface area contributed by atoms with Crippen LogP contribution < -0.4 is 5.32 Å². The van der Waals surface area contributed by atoms with Crippen molar-refractivity contribution in [2.75, 3.05) is 13.1 Å². The molecule has 1 aromatic rings. The second-order valence-corrected chi connectivity index (χ2v) is 4.90. The van der Waals surface area contributed by atoms with Crippen LogP contribution in [0.25, 0.3) is 0 Å². The van der Waals surface area contributed by atoms with Gasteiger partial charge in [-0.05, 0) is 5.56 Å². The van der Waals surface area contributed by atoms with E-state index in [1.165, 1.54) is 5.56 Å². The van der Waals surface area contributed by atoms with Crippen molar-refractivity contribution in [3.05, 3.63) is 35.9 Å². The molecular weight excluding hydrogens is 186 g/mol. The minimum atomic E-state index is 0.259. The van der Waals surface area contributed by atoms with Crippen molar-refractivity contribution in [1.29, 1.82) is 0 Å². The maximum absolute atomic E-state index is 5.94. The standard InChI is InChI=1S/C13H19NO/c1-13(2)10-14-8-12(13)15-9-11-6-4-3-5-7-11/h3-7,12,14H,8-10H2,1-2H3/t12-/m0/s1. The smallest absolute Gasteiger partial charge is 0.0766 e. The molecule has 1 aromatic carbocycles. The van der Waals surface area contributed by atoms with Crippen LogP contribution in [0.4, 0.5) is 0 Å². The van der Waals surface area contributed by atoms with Crippen molar-refractivity contribution in [3.63, 3.8) is 0 Å². The highest BCUT2D eigenvalue weighted by atomic mass is 16.5. The van der Waals surface area contributed by atoms with Crippen LogP contribution in [0.15, 0.2) is 30.3 Å². The van der Waals surface area contributed by atoms with E-state index < -0.39 is 0 Å². The SMILES string of the molecule is CC1(C)CNC[C@@H]1OCc1ccccc1. The number of rotatable bonds is 3. The van der Waals surface area contributed by atoms with E-state index in [4.69, 9.17) is 4.74 Å². The van der Waals surface area contributed by atoms with Crippen molar-refractivity contribution in [1.82, 2.24) is 5.32 Å². The van der Waals surface area contributed by atoms with E-state index >= 15 is 0 Å². The summed E-state index contributed by atoms with van der Waals surface area (Å²) in [6.07, 6.45) is 0.331. The van der Waals surface area contributed by atoms with Crippen molar-refractivity contribution in [2.45, 2.75) is 26.6 Å². The van der Waals surface area contributed by atoms with E-state index in [0.717, 1.165) is 19.7 Å². The average molecular weight is 205 g/mol. The molecule has 1 aliphatic heterocycles. The molecule has 0 aliphatic carbocycles. The monoisotopic (exact) mass is 205 g/mol. The largest absolute Gasteiger partial charge is 0.372 e. The van der Waals surface area contributed by atoms with Crippen molar-refractivity contribution < 1.29 is 4.74 Å². The fourth-order valence-electron chi connectivity index (χ4n) is 1.97. The molecule has 82 valence electrons. The molecule has 15 heavy (non-hydrogen) atoms. The fraction of sp³-hybridized carbons (Fsp3) is 0.538. The second-order valence-electron chi connectivity index (χ2n) is 4.90. The highest BCUT2D eigenvalue weighted by Gasteiger charge is 2.34. The molecule has 2 rings (SSSR count). The summed E-state index contributed by atoms with van der Waals surface area (Å²) in [6, 6.07) is 10.3. The first-order valence-electron chi connectivity index (χ1n) is 5.55. The van der Waals surface area contributed by atoms with Gasteiger partial charge in [-0.2, -0.15) is 0 Å². The Morgan fingerprint density at radius 2 is 2.07 bits per heavy atom. The lowest BCUT2D eigenvalue weighted by atomic mass is 9.90. The zero-order chi connectivity index (χ0) is 10.7. The zero-order valence-electron chi connectivity index (χ0n) is 9.49. The Morgan fingerprint density at radius 1 is 1.33 bits per heavy atom. The molecule has 1 N–H and O–H groups in total. The summed E-state index contributed by atoms with van der Waals surface area (Å²) in [5.74, 6) is 0. The molecule has 1 aliphatic rings. The topological polar surface area (TPSA) is 21.3 Å². The minimum Gasteiger partial charge on any atom is -0.372 e. The quantitative estimate of drug-likeness (QED) is 0.817. The molecule has 2 nitrogen and oxygen atoms in total. The van der Waals surface area contributed by atoms with E-state index in [1.807, 2.05) is 6.07 Å². The molecule has 0 bridgehead atoms. The summed E-state index contributed by atoms with van der Waals surface area (Å²) < 4.78 is 5.94. The molecule has 1 fully saturated rings. The van der Waals surface area contributed by atoms with Crippen LogP contribution in [0.3, 0.4) is 0 Å². The summed E-state index contributed by atoms with van der Waals surface area (Å²) in [4.78, 5) is 0. The van der Waals surface area contributed by atoms with Gasteiger partial charge in [-0.3, -0.25) is 0 Å². The lowest BCUT2D eigenvalue weighted by Gasteiger charge is -2.25. The summed E-state index contributed by atoms with van der Waals surface area (Å²) in [5.41, 5.74) is 1.51. The number of nitrogens with one attached hydrogen (secondary N) is 1. The minimum absolute atomic E-state index is 0.259. The number of ether oxygens (including phenoxy) is 1. The second kappa shape index (κ2) is 4.33.